The fraction of sp³-hybridized carbons (Fsp3) is 0.484. The largest absolute Gasteiger partial charge is 0.379 e. The van der Waals surface area contributed by atoms with Crippen molar-refractivity contribution in [3.05, 3.63) is 80.6 Å². The van der Waals surface area contributed by atoms with Crippen molar-refractivity contribution in [3.63, 3.8) is 0 Å². The Morgan fingerprint density at radius 2 is 1.54 bits per heavy atom. The van der Waals surface area contributed by atoms with E-state index >= 15 is 0 Å². The number of amides is 1. The van der Waals surface area contributed by atoms with Gasteiger partial charge in [0.1, 0.15) is 5.56 Å². The van der Waals surface area contributed by atoms with E-state index in [0.717, 1.165) is 69.1 Å². The van der Waals surface area contributed by atoms with Crippen LogP contribution < -0.4 is 10.7 Å². The molecule has 220 valence electrons. The van der Waals surface area contributed by atoms with Gasteiger partial charge in [0.2, 0.25) is 5.43 Å². The molecule has 0 saturated carbocycles. The second-order valence-electron chi connectivity index (χ2n) is 10.5. The van der Waals surface area contributed by atoms with E-state index in [4.69, 9.17) is 25.8 Å². The number of carbonyl (C=O) groups is 1. The molecule has 5 rings (SSSR count). The highest BCUT2D eigenvalue weighted by Gasteiger charge is 2.17. The van der Waals surface area contributed by atoms with Crippen LogP contribution in [0.3, 0.4) is 0 Å². The van der Waals surface area contributed by atoms with Gasteiger partial charge in [-0.15, -0.1) is 0 Å². The van der Waals surface area contributed by atoms with Crippen molar-refractivity contribution in [3.8, 4) is 0 Å². The number of pyridine rings is 1. The summed E-state index contributed by atoms with van der Waals surface area (Å²) in [5.41, 5.74) is 2.80. The molecule has 2 fully saturated rings. The number of rotatable bonds is 12. The molecule has 1 amide bonds. The molecule has 2 aromatic carbocycles. The number of ether oxygens (including phenoxy) is 3. The maximum atomic E-state index is 13.6. The van der Waals surface area contributed by atoms with Crippen LogP contribution in [0.4, 0.5) is 0 Å². The molecule has 1 N–H and O–H groups in total. The van der Waals surface area contributed by atoms with Crippen molar-refractivity contribution in [1.29, 1.82) is 0 Å². The zero-order valence-electron chi connectivity index (χ0n) is 23.5. The first-order valence-electron chi connectivity index (χ1n) is 14.4. The number of benzene rings is 2. The molecule has 0 radical (unpaired) electrons. The molecule has 9 nitrogen and oxygen atoms in total. The first-order chi connectivity index (χ1) is 20.1. The van der Waals surface area contributed by atoms with E-state index < -0.39 is 0 Å². The van der Waals surface area contributed by atoms with Gasteiger partial charge in [0.05, 0.1) is 45.2 Å². The Morgan fingerprint density at radius 1 is 0.878 bits per heavy atom. The number of morpholine rings is 2. The van der Waals surface area contributed by atoms with Crippen LogP contribution in [0.2, 0.25) is 5.02 Å². The minimum Gasteiger partial charge on any atom is -0.379 e. The van der Waals surface area contributed by atoms with Crippen molar-refractivity contribution in [1.82, 2.24) is 19.7 Å². The highest BCUT2D eigenvalue weighted by molar-refractivity contribution is 6.30. The third kappa shape index (κ3) is 8.38. The summed E-state index contributed by atoms with van der Waals surface area (Å²) in [6.45, 7) is 10.2. The first-order valence-corrected chi connectivity index (χ1v) is 14.8. The Bertz CT molecular complexity index is 1350. The van der Waals surface area contributed by atoms with Crippen LogP contribution in [0, 0.1) is 0 Å². The molecule has 0 unspecified atom stereocenters. The summed E-state index contributed by atoms with van der Waals surface area (Å²) in [5, 5.41) is 4.16. The van der Waals surface area contributed by atoms with Gasteiger partial charge in [0.25, 0.3) is 5.91 Å². The molecule has 2 aliphatic heterocycles. The highest BCUT2D eigenvalue weighted by Crippen LogP contribution is 2.17. The van der Waals surface area contributed by atoms with Gasteiger partial charge in [-0.2, -0.15) is 0 Å². The lowest BCUT2D eigenvalue weighted by Gasteiger charge is -2.26. The van der Waals surface area contributed by atoms with Crippen LogP contribution in [0.5, 0.6) is 0 Å². The topological polar surface area (TPSA) is 85.3 Å². The summed E-state index contributed by atoms with van der Waals surface area (Å²) >= 11 is 5.98. The van der Waals surface area contributed by atoms with E-state index in [1.165, 1.54) is 0 Å². The number of fused-ring (bicyclic) bond motifs is 1. The molecule has 1 aromatic heterocycles. The maximum absolute atomic E-state index is 13.6. The number of nitrogens with zero attached hydrogens (tertiary/aromatic N) is 3. The van der Waals surface area contributed by atoms with Gasteiger partial charge in [0, 0.05) is 69.0 Å². The minimum absolute atomic E-state index is 0.144. The zero-order valence-corrected chi connectivity index (χ0v) is 24.2. The second-order valence-corrected chi connectivity index (χ2v) is 10.9. The number of nitrogens with one attached hydrogen (secondary N) is 1. The predicted molar refractivity (Wildman–Crippen MR) is 160 cm³/mol. The van der Waals surface area contributed by atoms with Crippen molar-refractivity contribution < 1.29 is 19.0 Å². The Balaban J connectivity index is 1.30. The van der Waals surface area contributed by atoms with Gasteiger partial charge >= 0.3 is 0 Å². The van der Waals surface area contributed by atoms with E-state index in [9.17, 15) is 9.59 Å². The summed E-state index contributed by atoms with van der Waals surface area (Å²) < 4.78 is 18.8. The normalized spacial score (nSPS) is 16.7. The van der Waals surface area contributed by atoms with Crippen molar-refractivity contribution in [2.24, 2.45) is 0 Å². The van der Waals surface area contributed by atoms with Crippen LogP contribution in [-0.2, 0) is 33.7 Å². The summed E-state index contributed by atoms with van der Waals surface area (Å²) in [6, 6.07) is 13.5. The Hall–Kier alpha value is -2.79. The molecular formula is C31H39ClN4O5. The number of hydrogen-bond acceptors (Lipinski definition) is 7. The van der Waals surface area contributed by atoms with E-state index in [1.54, 1.807) is 6.20 Å². The molecule has 10 heteroatoms. The van der Waals surface area contributed by atoms with E-state index in [-0.39, 0.29) is 16.9 Å². The van der Waals surface area contributed by atoms with Crippen molar-refractivity contribution in [2.75, 3.05) is 78.9 Å². The van der Waals surface area contributed by atoms with E-state index in [1.807, 2.05) is 41.0 Å². The Morgan fingerprint density at radius 3 is 2.27 bits per heavy atom. The lowest BCUT2D eigenvalue weighted by molar-refractivity contribution is 0.0196. The number of hydrogen-bond donors (Lipinski definition) is 1. The van der Waals surface area contributed by atoms with Gasteiger partial charge in [-0.1, -0.05) is 29.8 Å². The fourth-order valence-corrected chi connectivity index (χ4v) is 5.38. The summed E-state index contributed by atoms with van der Waals surface area (Å²) in [6.07, 6.45) is 2.32. The monoisotopic (exact) mass is 582 g/mol. The van der Waals surface area contributed by atoms with E-state index in [0.29, 0.717) is 56.3 Å². The van der Waals surface area contributed by atoms with Crippen LogP contribution in [-0.4, -0.2) is 99.2 Å². The maximum Gasteiger partial charge on any atom is 0.256 e. The van der Waals surface area contributed by atoms with Gasteiger partial charge in [-0.3, -0.25) is 19.4 Å². The average Bonchev–Trinajstić information content (AvgIpc) is 3.00. The smallest absolute Gasteiger partial charge is 0.256 e. The van der Waals surface area contributed by atoms with Gasteiger partial charge in [-0.25, -0.2) is 0 Å². The molecule has 0 atom stereocenters. The Kier molecular flexibility index (Phi) is 10.8. The van der Waals surface area contributed by atoms with Crippen LogP contribution in [0.15, 0.2) is 53.5 Å². The zero-order chi connectivity index (χ0) is 28.4. The third-order valence-corrected chi connectivity index (χ3v) is 7.90. The molecule has 0 bridgehead atoms. The molecule has 3 heterocycles. The summed E-state index contributed by atoms with van der Waals surface area (Å²) in [5.74, 6) is -0.369. The lowest BCUT2D eigenvalue weighted by atomic mass is 10.1. The highest BCUT2D eigenvalue weighted by atomic mass is 35.5. The third-order valence-electron chi connectivity index (χ3n) is 7.64. The SMILES string of the molecule is O=C(NCCc1ccc(Cl)cc1)c1cn(CCOCCN2CCOCC2)c2ccc(CN3CCOCC3)cc2c1=O. The van der Waals surface area contributed by atoms with Crippen molar-refractivity contribution in [2.45, 2.75) is 19.5 Å². The molecule has 0 aliphatic carbocycles. The van der Waals surface area contributed by atoms with Gasteiger partial charge in [0.15, 0.2) is 0 Å². The number of carbonyl (C=O) groups excluding carboxylic acids is 1. The molecule has 0 spiro atoms. The number of aromatic nitrogens is 1. The predicted octanol–water partition coefficient (Wildman–Crippen LogP) is 2.81. The lowest BCUT2D eigenvalue weighted by Crippen LogP contribution is -2.38. The first kappa shape index (κ1) is 29.7. The van der Waals surface area contributed by atoms with Gasteiger partial charge < -0.3 is 24.1 Å². The quantitative estimate of drug-likeness (QED) is 0.329. The van der Waals surface area contributed by atoms with E-state index in [2.05, 4.69) is 21.2 Å². The molecular weight excluding hydrogens is 544 g/mol. The summed E-state index contributed by atoms with van der Waals surface area (Å²) in [7, 11) is 0. The van der Waals surface area contributed by atoms with Crippen LogP contribution in [0.25, 0.3) is 10.9 Å². The minimum atomic E-state index is -0.369. The summed E-state index contributed by atoms with van der Waals surface area (Å²) in [4.78, 5) is 31.5. The standard InChI is InChI=1S/C31H39ClN4O5/c32-26-4-1-24(2-5-26)7-8-33-31(38)28-23-36(14-20-41-17-11-34-9-15-39-16-10-34)29-6-3-25(21-27(29)30(28)37)22-35-12-18-40-19-13-35/h1-6,21,23H,7-20,22H2,(H,33,38). The molecule has 41 heavy (non-hydrogen) atoms. The Labute approximate surface area is 245 Å². The fourth-order valence-electron chi connectivity index (χ4n) is 5.26. The van der Waals surface area contributed by atoms with Crippen LogP contribution >= 0.6 is 11.6 Å². The average molecular weight is 583 g/mol. The number of halogens is 1. The van der Waals surface area contributed by atoms with Crippen molar-refractivity contribution >= 4 is 28.4 Å². The second kappa shape index (κ2) is 14.9. The molecule has 3 aromatic rings. The molecule has 2 aliphatic rings. The molecule has 2 saturated heterocycles. The van der Waals surface area contributed by atoms with Gasteiger partial charge in [-0.05, 0) is 41.8 Å². The van der Waals surface area contributed by atoms with Crippen LogP contribution in [0.1, 0.15) is 21.5 Å².